The summed E-state index contributed by atoms with van der Waals surface area (Å²) in [6.45, 7) is 4.24. The van der Waals surface area contributed by atoms with Gasteiger partial charge < -0.3 is 14.8 Å². The van der Waals surface area contributed by atoms with E-state index in [9.17, 15) is 4.39 Å². The Kier molecular flexibility index (Phi) is 4.33. The Labute approximate surface area is 166 Å². The van der Waals surface area contributed by atoms with E-state index in [1.54, 1.807) is 12.1 Å². The average molecular weight is 393 g/mol. The van der Waals surface area contributed by atoms with Crippen LogP contribution in [0.25, 0.3) is 33.1 Å². The standard InChI is InChI=1S/C21H20FN5S/c1-26-8-10-27(11-9-26)16-6-7-17-18(12-16)24-20(23-17)21-25-19(13-28-21)14-2-4-15(22)5-3-14/h2-7,12-13H,8-11H2,1H3,(H,23,24). The number of anilines is 1. The summed E-state index contributed by atoms with van der Waals surface area (Å²) >= 11 is 1.53. The lowest BCUT2D eigenvalue weighted by Gasteiger charge is -2.34. The van der Waals surface area contributed by atoms with Crippen LogP contribution in [0.15, 0.2) is 47.8 Å². The lowest BCUT2D eigenvalue weighted by Crippen LogP contribution is -2.44. The number of likely N-dealkylation sites (N-methyl/N-ethyl adjacent to an activating group) is 1. The van der Waals surface area contributed by atoms with Gasteiger partial charge in [0.05, 0.1) is 16.7 Å². The summed E-state index contributed by atoms with van der Waals surface area (Å²) < 4.78 is 13.1. The van der Waals surface area contributed by atoms with Crippen molar-refractivity contribution in [1.82, 2.24) is 19.9 Å². The minimum absolute atomic E-state index is 0.243. The molecule has 0 saturated carbocycles. The molecule has 0 amide bonds. The second kappa shape index (κ2) is 7.00. The highest BCUT2D eigenvalue weighted by Crippen LogP contribution is 2.30. The number of hydrogen-bond acceptors (Lipinski definition) is 5. The van der Waals surface area contributed by atoms with Crippen molar-refractivity contribution in [2.24, 2.45) is 0 Å². The van der Waals surface area contributed by atoms with Crippen LogP contribution in [0.3, 0.4) is 0 Å². The first-order valence-corrected chi connectivity index (χ1v) is 10.2. The Morgan fingerprint density at radius 2 is 1.79 bits per heavy atom. The highest BCUT2D eigenvalue weighted by atomic mass is 32.1. The monoisotopic (exact) mass is 393 g/mol. The van der Waals surface area contributed by atoms with E-state index in [1.165, 1.54) is 29.2 Å². The van der Waals surface area contributed by atoms with E-state index in [1.807, 2.05) is 5.38 Å². The zero-order chi connectivity index (χ0) is 19.1. The molecule has 0 radical (unpaired) electrons. The van der Waals surface area contributed by atoms with Crippen molar-refractivity contribution in [3.05, 3.63) is 53.7 Å². The fourth-order valence-electron chi connectivity index (χ4n) is 3.50. The third-order valence-electron chi connectivity index (χ3n) is 5.18. The molecule has 2 aromatic carbocycles. The summed E-state index contributed by atoms with van der Waals surface area (Å²) in [6, 6.07) is 12.8. The summed E-state index contributed by atoms with van der Waals surface area (Å²) in [5.41, 5.74) is 4.91. The molecule has 1 aliphatic rings. The van der Waals surface area contributed by atoms with E-state index in [-0.39, 0.29) is 5.82 Å². The van der Waals surface area contributed by atoms with Crippen molar-refractivity contribution in [3.8, 4) is 22.1 Å². The normalized spacial score (nSPS) is 15.4. The predicted molar refractivity (Wildman–Crippen MR) is 112 cm³/mol. The zero-order valence-corrected chi connectivity index (χ0v) is 16.3. The van der Waals surface area contributed by atoms with Gasteiger partial charge in [-0.3, -0.25) is 0 Å². The lowest BCUT2D eigenvalue weighted by molar-refractivity contribution is 0.313. The van der Waals surface area contributed by atoms with Gasteiger partial charge in [-0.25, -0.2) is 14.4 Å². The number of H-pyrrole nitrogens is 1. The highest BCUT2D eigenvalue weighted by molar-refractivity contribution is 7.13. The Morgan fingerprint density at radius 3 is 2.57 bits per heavy atom. The van der Waals surface area contributed by atoms with E-state index in [2.05, 4.69) is 45.0 Å². The van der Waals surface area contributed by atoms with Crippen LogP contribution in [0, 0.1) is 5.82 Å². The number of benzene rings is 2. The van der Waals surface area contributed by atoms with Crippen molar-refractivity contribution < 1.29 is 4.39 Å². The second-order valence-corrected chi connectivity index (χ2v) is 7.98. The Morgan fingerprint density at radius 1 is 1.00 bits per heavy atom. The van der Waals surface area contributed by atoms with Gasteiger partial charge >= 0.3 is 0 Å². The number of fused-ring (bicyclic) bond motifs is 1. The molecule has 2 aromatic heterocycles. The molecular formula is C21H20FN5S. The highest BCUT2D eigenvalue weighted by Gasteiger charge is 2.16. The number of rotatable bonds is 3. The molecule has 1 saturated heterocycles. The van der Waals surface area contributed by atoms with Gasteiger partial charge in [-0.15, -0.1) is 11.3 Å². The first kappa shape index (κ1) is 17.3. The first-order valence-electron chi connectivity index (χ1n) is 9.31. The molecule has 0 aliphatic carbocycles. The van der Waals surface area contributed by atoms with Gasteiger partial charge in [0.2, 0.25) is 0 Å². The van der Waals surface area contributed by atoms with E-state index in [0.29, 0.717) is 0 Å². The summed E-state index contributed by atoms with van der Waals surface area (Å²) in [4.78, 5) is 17.6. The minimum atomic E-state index is -0.243. The van der Waals surface area contributed by atoms with Crippen molar-refractivity contribution in [2.45, 2.75) is 0 Å². The quantitative estimate of drug-likeness (QED) is 0.565. The largest absolute Gasteiger partial charge is 0.369 e. The molecule has 4 aromatic rings. The van der Waals surface area contributed by atoms with E-state index >= 15 is 0 Å². The van der Waals surface area contributed by atoms with Crippen LogP contribution < -0.4 is 4.90 Å². The summed E-state index contributed by atoms with van der Waals surface area (Å²) in [6.07, 6.45) is 0. The SMILES string of the molecule is CN1CCN(c2ccc3nc(-c4nc(-c5ccc(F)cc5)cs4)[nH]c3c2)CC1. The Balaban J connectivity index is 1.43. The second-order valence-electron chi connectivity index (χ2n) is 7.12. The van der Waals surface area contributed by atoms with Gasteiger partial charge in [0.15, 0.2) is 10.8 Å². The molecule has 3 heterocycles. The van der Waals surface area contributed by atoms with Crippen molar-refractivity contribution in [1.29, 1.82) is 0 Å². The number of thiazole rings is 1. The summed E-state index contributed by atoms with van der Waals surface area (Å²) in [5, 5.41) is 2.81. The molecule has 1 aliphatic heterocycles. The van der Waals surface area contributed by atoms with Gasteiger partial charge in [-0.2, -0.15) is 0 Å². The fourth-order valence-corrected chi connectivity index (χ4v) is 4.27. The van der Waals surface area contributed by atoms with Crippen LogP contribution in [0.1, 0.15) is 0 Å². The minimum Gasteiger partial charge on any atom is -0.369 e. The molecule has 1 N–H and O–H groups in total. The van der Waals surface area contributed by atoms with E-state index in [4.69, 9.17) is 4.98 Å². The Hall–Kier alpha value is -2.77. The molecule has 0 spiro atoms. The third-order valence-corrected chi connectivity index (χ3v) is 6.03. The van der Waals surface area contributed by atoms with Crippen LogP contribution in [-0.2, 0) is 0 Å². The molecular weight excluding hydrogens is 373 g/mol. The number of nitrogens with one attached hydrogen (secondary N) is 1. The van der Waals surface area contributed by atoms with E-state index in [0.717, 1.165) is 59.3 Å². The number of aromatic amines is 1. The maximum Gasteiger partial charge on any atom is 0.167 e. The number of aromatic nitrogens is 3. The van der Waals surface area contributed by atoms with Gasteiger partial charge in [0, 0.05) is 42.8 Å². The zero-order valence-electron chi connectivity index (χ0n) is 15.5. The molecule has 5 nitrogen and oxygen atoms in total. The number of halogens is 1. The summed E-state index contributed by atoms with van der Waals surface area (Å²) in [5.74, 6) is 0.525. The molecule has 1 fully saturated rings. The summed E-state index contributed by atoms with van der Waals surface area (Å²) in [7, 11) is 2.16. The van der Waals surface area contributed by atoms with Crippen LogP contribution >= 0.6 is 11.3 Å². The molecule has 142 valence electrons. The topological polar surface area (TPSA) is 48.1 Å². The Bertz CT molecular complexity index is 1110. The van der Waals surface area contributed by atoms with Crippen LogP contribution in [0.2, 0.25) is 0 Å². The number of imidazole rings is 1. The molecule has 28 heavy (non-hydrogen) atoms. The molecule has 0 atom stereocenters. The van der Waals surface area contributed by atoms with Crippen molar-refractivity contribution >= 4 is 28.1 Å². The van der Waals surface area contributed by atoms with E-state index < -0.39 is 0 Å². The number of piperazine rings is 1. The predicted octanol–water partition coefficient (Wildman–Crippen LogP) is 4.24. The van der Waals surface area contributed by atoms with Crippen molar-refractivity contribution in [2.75, 3.05) is 38.1 Å². The number of nitrogens with zero attached hydrogens (tertiary/aromatic N) is 4. The van der Waals surface area contributed by atoms with Crippen LogP contribution in [0.5, 0.6) is 0 Å². The molecule has 0 unspecified atom stereocenters. The maximum absolute atomic E-state index is 13.1. The van der Waals surface area contributed by atoms with Gasteiger partial charge in [-0.1, -0.05) is 0 Å². The molecule has 0 bridgehead atoms. The molecule has 5 rings (SSSR count). The van der Waals surface area contributed by atoms with Gasteiger partial charge in [0.1, 0.15) is 5.82 Å². The average Bonchev–Trinajstić information content (AvgIpc) is 3.35. The van der Waals surface area contributed by atoms with Gasteiger partial charge in [0.25, 0.3) is 0 Å². The molecule has 7 heteroatoms. The fraction of sp³-hybridized carbons (Fsp3) is 0.238. The first-order chi connectivity index (χ1) is 13.7. The van der Waals surface area contributed by atoms with Crippen LogP contribution in [0.4, 0.5) is 10.1 Å². The third kappa shape index (κ3) is 3.27. The maximum atomic E-state index is 13.1. The van der Waals surface area contributed by atoms with Crippen LogP contribution in [-0.4, -0.2) is 53.1 Å². The smallest absolute Gasteiger partial charge is 0.167 e. The van der Waals surface area contributed by atoms with Crippen molar-refractivity contribution in [3.63, 3.8) is 0 Å². The number of hydrogen-bond donors (Lipinski definition) is 1. The van der Waals surface area contributed by atoms with Gasteiger partial charge in [-0.05, 0) is 49.5 Å². The lowest BCUT2D eigenvalue weighted by atomic mass is 10.2.